The Bertz CT molecular complexity index is 2150. The Kier molecular flexibility index (Phi) is 11.6. The Morgan fingerprint density at radius 3 is 2.33 bits per heavy atom. The van der Waals surface area contributed by atoms with Crippen LogP contribution in [0.25, 0.3) is 16.8 Å². The van der Waals surface area contributed by atoms with Gasteiger partial charge < -0.3 is 0 Å². The van der Waals surface area contributed by atoms with Crippen molar-refractivity contribution >= 4 is 31.9 Å². The van der Waals surface area contributed by atoms with E-state index in [1.807, 2.05) is 29.8 Å². The molecule has 0 saturated heterocycles. The minimum Gasteiger partial charge on any atom is -0.274 e. The van der Waals surface area contributed by atoms with Gasteiger partial charge in [0, 0.05) is 22.0 Å². The van der Waals surface area contributed by atoms with Crippen molar-refractivity contribution in [3.8, 4) is 16.8 Å². The summed E-state index contributed by atoms with van der Waals surface area (Å²) in [6.07, 6.45) is 6.32. The topological polar surface area (TPSA) is 103 Å². The monoisotopic (exact) mass is 750 g/mol. The minimum absolute atomic E-state index is 0.0869. The maximum absolute atomic E-state index is 15.8. The summed E-state index contributed by atoms with van der Waals surface area (Å²) in [6.45, 7) is 4.10. The summed E-state index contributed by atoms with van der Waals surface area (Å²) in [6, 6.07) is 21.0. The Labute approximate surface area is 293 Å². The van der Waals surface area contributed by atoms with E-state index in [0.717, 1.165) is 54.6 Å². The lowest BCUT2D eigenvalue weighted by Crippen LogP contribution is -2.31. The van der Waals surface area contributed by atoms with Crippen molar-refractivity contribution in [2.24, 2.45) is 0 Å². The van der Waals surface area contributed by atoms with E-state index in [-0.39, 0.29) is 28.1 Å². The zero-order valence-electron chi connectivity index (χ0n) is 27.3. The van der Waals surface area contributed by atoms with Crippen molar-refractivity contribution in [3.05, 3.63) is 134 Å². The fourth-order valence-electron chi connectivity index (χ4n) is 5.56. The van der Waals surface area contributed by atoms with E-state index < -0.39 is 38.8 Å². The Morgan fingerprint density at radius 2 is 1.59 bits per heavy atom. The number of hydrogen-bond acceptors (Lipinski definition) is 5. The van der Waals surface area contributed by atoms with Crippen LogP contribution in [0.15, 0.2) is 99.1 Å². The molecular weight excluding hydrogens is 714 g/mol. The molecule has 49 heavy (non-hydrogen) atoms. The summed E-state index contributed by atoms with van der Waals surface area (Å²) < 4.78 is 62.1. The molecule has 0 atom stereocenters. The van der Waals surface area contributed by atoms with Gasteiger partial charge in [0.25, 0.3) is 15.9 Å². The zero-order chi connectivity index (χ0) is 35.1. The third-order valence-electron chi connectivity index (χ3n) is 8.22. The second-order valence-electron chi connectivity index (χ2n) is 11.8. The first kappa shape index (κ1) is 35.9. The van der Waals surface area contributed by atoms with Gasteiger partial charge in [-0.3, -0.25) is 9.36 Å². The van der Waals surface area contributed by atoms with E-state index in [0.29, 0.717) is 17.9 Å². The van der Waals surface area contributed by atoms with Crippen molar-refractivity contribution in [2.75, 3.05) is 0 Å². The van der Waals surface area contributed by atoms with Crippen molar-refractivity contribution < 1.29 is 22.0 Å². The third kappa shape index (κ3) is 8.25. The number of benzene rings is 4. The summed E-state index contributed by atoms with van der Waals surface area (Å²) in [5.41, 5.74) is 1.47. The molecule has 4 aromatic carbocycles. The number of sulfonamides is 1. The molecule has 1 amide bonds. The quantitative estimate of drug-likeness (QED) is 0.116. The van der Waals surface area contributed by atoms with Crippen LogP contribution in [0.1, 0.15) is 73.3 Å². The molecular formula is C37H37BrF2N4O4S. The minimum atomic E-state index is -4.48. The van der Waals surface area contributed by atoms with Crippen LogP contribution in [0, 0.1) is 11.6 Å². The molecule has 5 rings (SSSR count). The lowest BCUT2D eigenvalue weighted by Gasteiger charge is -2.13. The van der Waals surface area contributed by atoms with Gasteiger partial charge in [-0.1, -0.05) is 81.6 Å². The van der Waals surface area contributed by atoms with Crippen LogP contribution in [-0.2, 0) is 29.4 Å². The number of rotatable bonds is 14. The van der Waals surface area contributed by atoms with Gasteiger partial charge in [0.1, 0.15) is 17.5 Å². The normalized spacial score (nSPS) is 11.5. The highest BCUT2D eigenvalue weighted by molar-refractivity contribution is 9.10. The maximum atomic E-state index is 15.8. The molecule has 0 fully saturated rings. The van der Waals surface area contributed by atoms with Gasteiger partial charge in [-0.05, 0) is 82.7 Å². The van der Waals surface area contributed by atoms with Gasteiger partial charge in [-0.15, -0.1) is 5.10 Å². The number of carbonyl (C=O) groups is 1. The molecule has 0 aliphatic rings. The lowest BCUT2D eigenvalue weighted by molar-refractivity contribution is 0.0977. The number of unbranched alkanes of at least 4 members (excludes halogenated alkanes) is 3. The molecule has 12 heteroatoms. The summed E-state index contributed by atoms with van der Waals surface area (Å²) in [5.74, 6) is -2.12. The molecule has 5 aromatic rings. The van der Waals surface area contributed by atoms with Crippen molar-refractivity contribution in [1.82, 2.24) is 19.1 Å². The molecule has 0 aliphatic heterocycles. The molecule has 1 heterocycles. The van der Waals surface area contributed by atoms with Crippen molar-refractivity contribution in [2.45, 2.75) is 70.2 Å². The maximum Gasteiger partial charge on any atom is 0.351 e. The zero-order valence-corrected chi connectivity index (χ0v) is 29.7. The summed E-state index contributed by atoms with van der Waals surface area (Å²) in [7, 11) is -4.48. The van der Waals surface area contributed by atoms with Crippen LogP contribution in [-0.4, -0.2) is 28.7 Å². The van der Waals surface area contributed by atoms with Crippen molar-refractivity contribution in [3.63, 3.8) is 0 Å². The molecule has 0 unspecified atom stereocenters. The second kappa shape index (κ2) is 15.9. The average molecular weight is 752 g/mol. The predicted molar refractivity (Wildman–Crippen MR) is 189 cm³/mol. The standard InChI is InChI=1S/C37H37BrF2N4O4S/c1-3-5-7-12-25-18-21-30(38)33(22-25)44-37(46)43(35(41-44)17-6-4-2)24-27-20-19-26(23-32(27)40)28-13-9-11-16-34(28)49(47,48)42-36(45)29-14-8-10-15-31(29)39/h8-11,13-16,18-23H,3-7,12,17,24H2,1-2H3,(H,42,45). The molecule has 1 aromatic heterocycles. The summed E-state index contributed by atoms with van der Waals surface area (Å²) in [4.78, 5) is 26.2. The fourth-order valence-corrected chi connectivity index (χ4v) is 7.17. The highest BCUT2D eigenvalue weighted by Crippen LogP contribution is 2.29. The number of hydrogen-bond donors (Lipinski definition) is 1. The number of nitrogens with one attached hydrogen (secondary N) is 1. The fraction of sp³-hybridized carbons (Fsp3) is 0.270. The van der Waals surface area contributed by atoms with E-state index in [4.69, 9.17) is 0 Å². The number of amides is 1. The van der Waals surface area contributed by atoms with Crippen LogP contribution in [0.4, 0.5) is 8.78 Å². The molecule has 8 nitrogen and oxygen atoms in total. The molecule has 0 radical (unpaired) electrons. The second-order valence-corrected chi connectivity index (χ2v) is 14.3. The van der Waals surface area contributed by atoms with E-state index in [2.05, 4.69) is 28.0 Å². The first-order valence-electron chi connectivity index (χ1n) is 16.2. The summed E-state index contributed by atoms with van der Waals surface area (Å²) >= 11 is 3.57. The Balaban J connectivity index is 1.46. The number of aromatic nitrogens is 3. The van der Waals surface area contributed by atoms with Crippen LogP contribution in [0.5, 0.6) is 0 Å². The van der Waals surface area contributed by atoms with E-state index in [1.165, 1.54) is 57.8 Å². The van der Waals surface area contributed by atoms with Gasteiger partial charge in [0.05, 0.1) is 22.7 Å². The van der Waals surface area contributed by atoms with Gasteiger partial charge in [0.2, 0.25) is 0 Å². The number of carbonyl (C=O) groups excluding carboxylic acids is 1. The average Bonchev–Trinajstić information content (AvgIpc) is 3.39. The van der Waals surface area contributed by atoms with Crippen LogP contribution < -0.4 is 10.4 Å². The number of nitrogens with zero attached hydrogens (tertiary/aromatic N) is 3. The molecule has 256 valence electrons. The molecule has 0 saturated carbocycles. The Morgan fingerprint density at radius 1 is 0.857 bits per heavy atom. The van der Waals surface area contributed by atoms with Crippen LogP contribution in [0.3, 0.4) is 0 Å². The third-order valence-corrected chi connectivity index (χ3v) is 10.3. The van der Waals surface area contributed by atoms with Crippen LogP contribution in [0.2, 0.25) is 0 Å². The van der Waals surface area contributed by atoms with Gasteiger partial charge in [0.15, 0.2) is 0 Å². The first-order valence-corrected chi connectivity index (χ1v) is 18.5. The van der Waals surface area contributed by atoms with Gasteiger partial charge in [-0.25, -0.2) is 26.7 Å². The molecule has 1 N–H and O–H groups in total. The molecule has 0 aliphatic carbocycles. The lowest BCUT2D eigenvalue weighted by atomic mass is 10.0. The summed E-state index contributed by atoms with van der Waals surface area (Å²) in [5, 5.41) is 4.69. The molecule has 0 spiro atoms. The van der Waals surface area contributed by atoms with E-state index in [1.54, 1.807) is 12.1 Å². The first-order chi connectivity index (χ1) is 23.5. The molecule has 0 bridgehead atoms. The Hall–Kier alpha value is -4.42. The van der Waals surface area contributed by atoms with Crippen LogP contribution >= 0.6 is 15.9 Å². The van der Waals surface area contributed by atoms with Crippen molar-refractivity contribution in [1.29, 1.82) is 0 Å². The smallest absolute Gasteiger partial charge is 0.274 e. The van der Waals surface area contributed by atoms with E-state index >= 15 is 4.39 Å². The van der Waals surface area contributed by atoms with E-state index in [9.17, 15) is 22.4 Å². The SMILES string of the molecule is CCCCCc1ccc(Br)c(-n2nc(CCCC)n(Cc3ccc(-c4ccccc4S(=O)(=O)NC(=O)c4ccccc4F)cc3F)c2=O)c1. The van der Waals surface area contributed by atoms with Gasteiger partial charge in [-0.2, -0.15) is 4.68 Å². The number of aryl methyl sites for hydroxylation is 2. The highest BCUT2D eigenvalue weighted by atomic mass is 79.9. The highest BCUT2D eigenvalue weighted by Gasteiger charge is 2.25. The van der Waals surface area contributed by atoms with Gasteiger partial charge >= 0.3 is 5.69 Å². The number of halogens is 3. The largest absolute Gasteiger partial charge is 0.351 e. The predicted octanol–water partition coefficient (Wildman–Crippen LogP) is 7.98.